The zero-order valence-corrected chi connectivity index (χ0v) is 18.7. The molecule has 2 heterocycles. The fourth-order valence-corrected chi connectivity index (χ4v) is 5.29. The smallest absolute Gasteiger partial charge is 0.341 e. The molecule has 0 saturated carbocycles. The van der Waals surface area contributed by atoms with Gasteiger partial charge in [-0.05, 0) is 38.2 Å². The number of ether oxygens (including phenoxy) is 1. The van der Waals surface area contributed by atoms with Gasteiger partial charge < -0.3 is 10.1 Å². The quantitative estimate of drug-likeness (QED) is 0.418. The summed E-state index contributed by atoms with van der Waals surface area (Å²) in [5.74, 6) is -0.462. The van der Waals surface area contributed by atoms with E-state index in [1.807, 2.05) is 30.3 Å². The second kappa shape index (κ2) is 10.0. The number of aromatic nitrogens is 3. The average molecular weight is 455 g/mol. The molecule has 1 aliphatic rings. The van der Waals surface area contributed by atoms with Gasteiger partial charge in [0, 0.05) is 10.4 Å². The van der Waals surface area contributed by atoms with Crippen molar-refractivity contribution in [3.8, 4) is 11.3 Å². The second-order valence-corrected chi connectivity index (χ2v) is 9.01. The predicted octanol–water partition coefficient (Wildman–Crippen LogP) is 4.39. The summed E-state index contributed by atoms with van der Waals surface area (Å²) in [4.78, 5) is 30.5. The predicted molar refractivity (Wildman–Crippen MR) is 122 cm³/mol. The number of carbonyl (C=O) groups is 2. The van der Waals surface area contributed by atoms with Crippen molar-refractivity contribution in [3.63, 3.8) is 0 Å². The number of thiophene rings is 1. The Hall–Kier alpha value is -2.78. The molecule has 0 unspecified atom stereocenters. The largest absolute Gasteiger partial charge is 0.462 e. The Morgan fingerprint density at radius 2 is 1.97 bits per heavy atom. The molecule has 0 fully saturated rings. The van der Waals surface area contributed by atoms with Gasteiger partial charge in [-0.1, -0.05) is 42.1 Å². The van der Waals surface area contributed by atoms with E-state index in [0.29, 0.717) is 28.0 Å². The summed E-state index contributed by atoms with van der Waals surface area (Å²) in [6.45, 7) is 2.08. The van der Waals surface area contributed by atoms with Crippen LogP contribution in [0.4, 0.5) is 5.00 Å². The van der Waals surface area contributed by atoms with Crippen molar-refractivity contribution in [2.45, 2.75) is 37.8 Å². The minimum absolute atomic E-state index is 0.122. The third-order valence-electron chi connectivity index (χ3n) is 4.85. The van der Waals surface area contributed by atoms with E-state index in [2.05, 4.69) is 20.5 Å². The number of thioether (sulfide) groups is 1. The van der Waals surface area contributed by atoms with Gasteiger partial charge in [0.2, 0.25) is 11.1 Å². The van der Waals surface area contributed by atoms with Crippen molar-refractivity contribution in [1.82, 2.24) is 15.2 Å². The van der Waals surface area contributed by atoms with E-state index < -0.39 is 0 Å². The van der Waals surface area contributed by atoms with Gasteiger partial charge in [-0.2, -0.15) is 0 Å². The highest BCUT2D eigenvalue weighted by molar-refractivity contribution is 7.99. The van der Waals surface area contributed by atoms with Crippen molar-refractivity contribution < 1.29 is 14.3 Å². The van der Waals surface area contributed by atoms with E-state index in [9.17, 15) is 9.59 Å². The monoisotopic (exact) mass is 454 g/mol. The molecule has 0 atom stereocenters. The van der Waals surface area contributed by atoms with Crippen LogP contribution >= 0.6 is 23.1 Å². The van der Waals surface area contributed by atoms with Crippen molar-refractivity contribution in [1.29, 1.82) is 0 Å². The lowest BCUT2D eigenvalue weighted by atomic mass is 9.95. The first-order valence-corrected chi connectivity index (χ1v) is 12.0. The Kier molecular flexibility index (Phi) is 6.93. The third-order valence-corrected chi connectivity index (χ3v) is 6.91. The zero-order chi connectivity index (χ0) is 21.6. The first kappa shape index (κ1) is 21.5. The fourth-order valence-electron chi connectivity index (χ4n) is 3.44. The van der Waals surface area contributed by atoms with Gasteiger partial charge in [0.25, 0.3) is 0 Å². The molecule has 1 aromatic carbocycles. The topological polar surface area (TPSA) is 94.1 Å². The van der Waals surface area contributed by atoms with E-state index >= 15 is 0 Å². The average Bonchev–Trinajstić information content (AvgIpc) is 3.16. The summed E-state index contributed by atoms with van der Waals surface area (Å²) in [6, 6.07) is 9.67. The number of anilines is 1. The molecular formula is C22H22N4O3S2. The van der Waals surface area contributed by atoms with Crippen LogP contribution in [0, 0.1) is 0 Å². The van der Waals surface area contributed by atoms with Gasteiger partial charge in [0.1, 0.15) is 10.7 Å². The summed E-state index contributed by atoms with van der Waals surface area (Å²) < 4.78 is 5.23. The molecule has 1 amide bonds. The van der Waals surface area contributed by atoms with Crippen LogP contribution in [0.5, 0.6) is 0 Å². The van der Waals surface area contributed by atoms with E-state index in [0.717, 1.165) is 36.8 Å². The number of rotatable bonds is 7. The highest BCUT2D eigenvalue weighted by Gasteiger charge is 2.27. The summed E-state index contributed by atoms with van der Waals surface area (Å²) in [7, 11) is 0. The van der Waals surface area contributed by atoms with Crippen LogP contribution in [-0.4, -0.2) is 39.4 Å². The number of aryl methyl sites for hydroxylation is 1. The Balaban J connectivity index is 1.41. The van der Waals surface area contributed by atoms with Crippen molar-refractivity contribution in [2.75, 3.05) is 17.7 Å². The Labute approximate surface area is 188 Å². The first-order valence-electron chi connectivity index (χ1n) is 10.1. The molecule has 1 aliphatic carbocycles. The molecule has 4 rings (SSSR count). The fraction of sp³-hybridized carbons (Fsp3) is 0.318. The minimum Gasteiger partial charge on any atom is -0.462 e. The molecule has 31 heavy (non-hydrogen) atoms. The van der Waals surface area contributed by atoms with Gasteiger partial charge in [0.15, 0.2) is 0 Å². The van der Waals surface area contributed by atoms with Crippen LogP contribution < -0.4 is 5.32 Å². The van der Waals surface area contributed by atoms with Gasteiger partial charge in [-0.3, -0.25) is 4.79 Å². The Bertz CT molecular complexity index is 1070. The van der Waals surface area contributed by atoms with E-state index in [-0.39, 0.29) is 17.6 Å². The highest BCUT2D eigenvalue weighted by Crippen LogP contribution is 2.38. The maximum absolute atomic E-state index is 12.6. The Morgan fingerprint density at radius 1 is 1.16 bits per heavy atom. The van der Waals surface area contributed by atoms with Crippen LogP contribution in [0.15, 0.2) is 41.7 Å². The molecule has 3 aromatic rings. The number of esters is 1. The number of nitrogens with one attached hydrogen (secondary N) is 1. The normalized spacial score (nSPS) is 12.8. The second-order valence-electron chi connectivity index (χ2n) is 6.96. The molecule has 0 radical (unpaired) electrons. The van der Waals surface area contributed by atoms with E-state index in [1.54, 1.807) is 13.1 Å². The zero-order valence-electron chi connectivity index (χ0n) is 17.1. The van der Waals surface area contributed by atoms with Crippen LogP contribution in [0.2, 0.25) is 0 Å². The molecule has 0 bridgehead atoms. The van der Waals surface area contributed by atoms with Crippen LogP contribution in [0.1, 0.15) is 40.6 Å². The molecule has 0 aliphatic heterocycles. The number of carbonyl (C=O) groups excluding carboxylic acids is 2. The summed E-state index contributed by atoms with van der Waals surface area (Å²) in [6.07, 6.45) is 5.57. The SMILES string of the molecule is CCOC(=O)c1c(NC(=O)CSc2ncc(-c3ccccc3)nn2)sc2c1CCCC2. The summed E-state index contributed by atoms with van der Waals surface area (Å²) in [5.41, 5.74) is 3.16. The molecule has 0 saturated heterocycles. The molecule has 1 N–H and O–H groups in total. The maximum Gasteiger partial charge on any atom is 0.341 e. The number of fused-ring (bicyclic) bond motifs is 1. The van der Waals surface area contributed by atoms with Gasteiger partial charge in [-0.25, -0.2) is 9.78 Å². The highest BCUT2D eigenvalue weighted by atomic mass is 32.2. The van der Waals surface area contributed by atoms with E-state index in [4.69, 9.17) is 4.74 Å². The van der Waals surface area contributed by atoms with Crippen molar-refractivity contribution in [2.24, 2.45) is 0 Å². The van der Waals surface area contributed by atoms with Gasteiger partial charge >= 0.3 is 5.97 Å². The molecule has 9 heteroatoms. The summed E-state index contributed by atoms with van der Waals surface area (Å²) >= 11 is 2.68. The molecule has 7 nitrogen and oxygen atoms in total. The van der Waals surface area contributed by atoms with Crippen LogP contribution in [0.3, 0.4) is 0 Å². The number of nitrogens with zero attached hydrogens (tertiary/aromatic N) is 3. The van der Waals surface area contributed by atoms with Gasteiger partial charge in [-0.15, -0.1) is 21.5 Å². The molecular weight excluding hydrogens is 432 g/mol. The number of hydrogen-bond acceptors (Lipinski definition) is 8. The number of amides is 1. The first-order chi connectivity index (χ1) is 15.2. The number of hydrogen-bond donors (Lipinski definition) is 1. The van der Waals surface area contributed by atoms with Crippen molar-refractivity contribution in [3.05, 3.63) is 52.5 Å². The lowest BCUT2D eigenvalue weighted by Crippen LogP contribution is -2.17. The van der Waals surface area contributed by atoms with Crippen LogP contribution in [0.25, 0.3) is 11.3 Å². The molecule has 0 spiro atoms. The molecule has 2 aromatic heterocycles. The van der Waals surface area contributed by atoms with Crippen molar-refractivity contribution >= 4 is 40.0 Å². The standard InChI is InChI=1S/C22H22N4O3S2/c1-2-29-21(28)19-15-10-6-7-11-17(15)31-20(19)24-18(27)13-30-22-23-12-16(25-26-22)14-8-4-3-5-9-14/h3-5,8-9,12H,2,6-7,10-11,13H2,1H3,(H,24,27). The lowest BCUT2D eigenvalue weighted by molar-refractivity contribution is -0.113. The van der Waals surface area contributed by atoms with E-state index in [1.165, 1.54) is 28.0 Å². The van der Waals surface area contributed by atoms with Gasteiger partial charge in [0.05, 0.1) is 24.1 Å². The lowest BCUT2D eigenvalue weighted by Gasteiger charge is -2.12. The van der Waals surface area contributed by atoms with Crippen LogP contribution in [-0.2, 0) is 22.4 Å². The maximum atomic E-state index is 12.6. The minimum atomic E-state index is -0.367. The third kappa shape index (κ3) is 5.11. The Morgan fingerprint density at radius 3 is 2.71 bits per heavy atom. The number of benzene rings is 1. The molecule has 160 valence electrons. The summed E-state index contributed by atoms with van der Waals surface area (Å²) in [5, 5.41) is 12.2.